The zero-order valence-electron chi connectivity index (χ0n) is 7.10. The van der Waals surface area contributed by atoms with E-state index in [4.69, 9.17) is 0 Å². The van der Waals surface area contributed by atoms with Gasteiger partial charge in [0.2, 0.25) is 5.91 Å². The number of carbonyl (C=O) groups excluding carboxylic acids is 1. The minimum absolute atomic E-state index is 0.00519. The molecular formula is C9H9BrN2O. The minimum atomic E-state index is -0.159. The number of amides is 1. The lowest BCUT2D eigenvalue weighted by molar-refractivity contribution is -0.116. The highest BCUT2D eigenvalue weighted by Crippen LogP contribution is 2.29. The second-order valence-electron chi connectivity index (χ2n) is 3.05. The van der Waals surface area contributed by atoms with E-state index in [-0.39, 0.29) is 11.9 Å². The standard InChI is InChI=1S/C9H9BrN2O/c1-5-9(13)12-8-4-6(10)2-3-7(8)11-5/h2-5,11H,1H3,(H,12,13)/t5-/m1/s1. The zero-order valence-corrected chi connectivity index (χ0v) is 8.68. The molecule has 0 radical (unpaired) electrons. The van der Waals surface area contributed by atoms with Crippen LogP contribution in [0.15, 0.2) is 22.7 Å². The predicted molar refractivity (Wildman–Crippen MR) is 55.9 cm³/mol. The van der Waals surface area contributed by atoms with Gasteiger partial charge < -0.3 is 10.6 Å². The van der Waals surface area contributed by atoms with Gasteiger partial charge in [-0.05, 0) is 25.1 Å². The second-order valence-corrected chi connectivity index (χ2v) is 3.96. The van der Waals surface area contributed by atoms with Crippen molar-refractivity contribution in [1.82, 2.24) is 0 Å². The van der Waals surface area contributed by atoms with Crippen LogP contribution >= 0.6 is 15.9 Å². The summed E-state index contributed by atoms with van der Waals surface area (Å²) in [6, 6.07) is 5.60. The molecule has 0 fully saturated rings. The summed E-state index contributed by atoms with van der Waals surface area (Å²) in [7, 11) is 0. The highest BCUT2D eigenvalue weighted by atomic mass is 79.9. The number of carbonyl (C=O) groups is 1. The quantitative estimate of drug-likeness (QED) is 0.731. The maximum absolute atomic E-state index is 11.3. The molecule has 1 aliphatic heterocycles. The summed E-state index contributed by atoms with van der Waals surface area (Å²) < 4.78 is 0.961. The third-order valence-corrected chi connectivity index (χ3v) is 2.50. The summed E-state index contributed by atoms with van der Waals surface area (Å²) in [6.45, 7) is 1.83. The summed E-state index contributed by atoms with van der Waals surface area (Å²) in [5.41, 5.74) is 1.80. The molecule has 0 aliphatic carbocycles. The predicted octanol–water partition coefficient (Wildman–Crippen LogP) is 2.20. The van der Waals surface area contributed by atoms with Gasteiger partial charge in [-0.1, -0.05) is 15.9 Å². The van der Waals surface area contributed by atoms with Gasteiger partial charge in [-0.25, -0.2) is 0 Å². The molecule has 1 aromatic rings. The first-order valence-electron chi connectivity index (χ1n) is 4.04. The van der Waals surface area contributed by atoms with Crippen LogP contribution in [0.5, 0.6) is 0 Å². The van der Waals surface area contributed by atoms with E-state index in [0.717, 1.165) is 15.8 Å². The number of nitrogens with one attached hydrogen (secondary N) is 2. The molecule has 0 spiro atoms. The normalized spacial score (nSPS) is 20.2. The van der Waals surface area contributed by atoms with Crippen LogP contribution < -0.4 is 10.6 Å². The summed E-state index contributed by atoms with van der Waals surface area (Å²) in [6.07, 6.45) is 0. The smallest absolute Gasteiger partial charge is 0.246 e. The maximum Gasteiger partial charge on any atom is 0.246 e. The van der Waals surface area contributed by atoms with Crippen molar-refractivity contribution in [1.29, 1.82) is 0 Å². The van der Waals surface area contributed by atoms with Gasteiger partial charge in [0.05, 0.1) is 11.4 Å². The summed E-state index contributed by atoms with van der Waals surface area (Å²) in [4.78, 5) is 11.3. The van der Waals surface area contributed by atoms with Gasteiger partial charge in [0.1, 0.15) is 6.04 Å². The first kappa shape index (κ1) is 8.56. The molecule has 2 N–H and O–H groups in total. The van der Waals surface area contributed by atoms with E-state index in [1.54, 1.807) is 0 Å². The lowest BCUT2D eigenvalue weighted by Gasteiger charge is -2.24. The molecule has 0 saturated heterocycles. The van der Waals surface area contributed by atoms with E-state index < -0.39 is 0 Å². The molecule has 0 saturated carbocycles. The van der Waals surface area contributed by atoms with Gasteiger partial charge >= 0.3 is 0 Å². The lowest BCUT2D eigenvalue weighted by Crippen LogP contribution is -2.36. The number of rotatable bonds is 0. The molecule has 13 heavy (non-hydrogen) atoms. The molecule has 68 valence electrons. The van der Waals surface area contributed by atoms with Crippen molar-refractivity contribution >= 4 is 33.2 Å². The Morgan fingerprint density at radius 3 is 2.92 bits per heavy atom. The Morgan fingerprint density at radius 1 is 1.38 bits per heavy atom. The van der Waals surface area contributed by atoms with Crippen LogP contribution in [0.1, 0.15) is 6.92 Å². The number of anilines is 2. The fraction of sp³-hybridized carbons (Fsp3) is 0.222. The van der Waals surface area contributed by atoms with Crippen molar-refractivity contribution in [3.05, 3.63) is 22.7 Å². The molecule has 1 heterocycles. The van der Waals surface area contributed by atoms with Crippen molar-refractivity contribution < 1.29 is 4.79 Å². The Balaban J connectivity index is 2.42. The highest BCUT2D eigenvalue weighted by molar-refractivity contribution is 9.10. The fourth-order valence-electron chi connectivity index (χ4n) is 1.29. The molecule has 1 amide bonds. The van der Waals surface area contributed by atoms with Crippen LogP contribution in [0.3, 0.4) is 0 Å². The van der Waals surface area contributed by atoms with E-state index in [1.165, 1.54) is 0 Å². The maximum atomic E-state index is 11.3. The molecule has 3 nitrogen and oxygen atoms in total. The Labute approximate surface area is 84.6 Å². The molecule has 0 aromatic heterocycles. The van der Waals surface area contributed by atoms with Crippen LogP contribution in [0, 0.1) is 0 Å². The fourth-order valence-corrected chi connectivity index (χ4v) is 1.65. The van der Waals surface area contributed by atoms with Gasteiger partial charge in [-0.15, -0.1) is 0 Å². The number of hydrogen-bond donors (Lipinski definition) is 2. The van der Waals surface area contributed by atoms with E-state index >= 15 is 0 Å². The molecule has 1 atom stereocenters. The molecular weight excluding hydrogens is 232 g/mol. The lowest BCUT2D eigenvalue weighted by atomic mass is 10.1. The van der Waals surface area contributed by atoms with Crippen molar-refractivity contribution in [3.8, 4) is 0 Å². The Hall–Kier alpha value is -1.03. The van der Waals surface area contributed by atoms with Gasteiger partial charge in [0.15, 0.2) is 0 Å². The van der Waals surface area contributed by atoms with Crippen molar-refractivity contribution in [2.75, 3.05) is 10.6 Å². The number of hydrogen-bond acceptors (Lipinski definition) is 2. The largest absolute Gasteiger partial charge is 0.372 e. The van der Waals surface area contributed by atoms with E-state index in [0.29, 0.717) is 0 Å². The van der Waals surface area contributed by atoms with E-state index in [1.807, 2.05) is 25.1 Å². The third-order valence-electron chi connectivity index (χ3n) is 2.00. The summed E-state index contributed by atoms with van der Waals surface area (Å²) in [5, 5.41) is 5.92. The molecule has 1 aromatic carbocycles. The van der Waals surface area contributed by atoms with E-state index in [9.17, 15) is 4.79 Å². The minimum Gasteiger partial charge on any atom is -0.372 e. The SMILES string of the molecule is C[C@H]1Nc2ccc(Br)cc2NC1=O. The average molecular weight is 241 g/mol. The zero-order chi connectivity index (χ0) is 9.42. The first-order chi connectivity index (χ1) is 6.16. The van der Waals surface area contributed by atoms with Crippen LogP contribution in [0.25, 0.3) is 0 Å². The molecule has 4 heteroatoms. The Morgan fingerprint density at radius 2 is 2.15 bits per heavy atom. The van der Waals surface area contributed by atoms with Crippen molar-refractivity contribution in [2.24, 2.45) is 0 Å². The van der Waals surface area contributed by atoms with Crippen LogP contribution in [0.4, 0.5) is 11.4 Å². The number of fused-ring (bicyclic) bond motifs is 1. The van der Waals surface area contributed by atoms with Gasteiger partial charge in [-0.3, -0.25) is 4.79 Å². The van der Waals surface area contributed by atoms with Crippen molar-refractivity contribution in [2.45, 2.75) is 13.0 Å². The monoisotopic (exact) mass is 240 g/mol. The van der Waals surface area contributed by atoms with E-state index in [2.05, 4.69) is 26.6 Å². The van der Waals surface area contributed by atoms with Gasteiger partial charge in [0, 0.05) is 4.47 Å². The third kappa shape index (κ3) is 1.54. The topological polar surface area (TPSA) is 41.1 Å². The molecule has 2 rings (SSSR count). The van der Waals surface area contributed by atoms with Gasteiger partial charge in [-0.2, -0.15) is 0 Å². The Kier molecular flexibility index (Phi) is 2.00. The summed E-state index contributed by atoms with van der Waals surface area (Å²) >= 11 is 3.35. The average Bonchev–Trinajstić information content (AvgIpc) is 2.08. The molecule has 1 aliphatic rings. The number of halogens is 1. The Bertz CT molecular complexity index is 365. The van der Waals surface area contributed by atoms with Crippen LogP contribution in [-0.4, -0.2) is 11.9 Å². The first-order valence-corrected chi connectivity index (χ1v) is 4.83. The highest BCUT2D eigenvalue weighted by Gasteiger charge is 2.20. The molecule has 0 unspecified atom stereocenters. The summed E-state index contributed by atoms with van der Waals surface area (Å²) in [5.74, 6) is 0.00519. The second kappa shape index (κ2) is 3.03. The van der Waals surface area contributed by atoms with Crippen molar-refractivity contribution in [3.63, 3.8) is 0 Å². The number of benzene rings is 1. The molecule has 0 bridgehead atoms. The van der Waals surface area contributed by atoms with Crippen LogP contribution in [0.2, 0.25) is 0 Å². The van der Waals surface area contributed by atoms with Crippen LogP contribution in [-0.2, 0) is 4.79 Å². The van der Waals surface area contributed by atoms with Gasteiger partial charge in [0.25, 0.3) is 0 Å².